The molecule has 106 valence electrons. The van der Waals surface area contributed by atoms with Gasteiger partial charge in [-0.15, -0.1) is 0 Å². The van der Waals surface area contributed by atoms with E-state index in [1.54, 1.807) is 17.9 Å². The molecule has 4 nitrogen and oxygen atoms in total. The topological polar surface area (TPSA) is 57.6 Å². The molecule has 20 heavy (non-hydrogen) atoms. The van der Waals surface area contributed by atoms with Gasteiger partial charge in [0.05, 0.1) is 11.5 Å². The molecule has 2 aliphatic rings. The Balaban J connectivity index is 1.92. The molecule has 2 aliphatic heterocycles. The van der Waals surface area contributed by atoms with Gasteiger partial charge in [-0.1, -0.05) is 11.6 Å². The predicted molar refractivity (Wildman–Crippen MR) is 69.9 cm³/mol. The van der Waals surface area contributed by atoms with Gasteiger partial charge in [0.2, 0.25) is 0 Å². The lowest BCUT2D eigenvalue weighted by Crippen LogP contribution is -2.38. The lowest BCUT2D eigenvalue weighted by molar-refractivity contribution is -0.142. The maximum atomic E-state index is 13.8. The number of fused-ring (bicyclic) bond motifs is 2. The fourth-order valence-electron chi connectivity index (χ4n) is 3.51. The molecule has 0 saturated carbocycles. The number of amides is 1. The van der Waals surface area contributed by atoms with Crippen LogP contribution in [-0.4, -0.2) is 34.0 Å². The number of hydrogen-bond acceptors (Lipinski definition) is 2. The molecule has 3 unspecified atom stereocenters. The number of rotatable bonds is 2. The third-order valence-corrected chi connectivity index (χ3v) is 4.44. The van der Waals surface area contributed by atoms with Crippen LogP contribution in [0.2, 0.25) is 0 Å². The summed E-state index contributed by atoms with van der Waals surface area (Å²) in [4.78, 5) is 25.3. The van der Waals surface area contributed by atoms with Gasteiger partial charge in [0, 0.05) is 12.1 Å². The van der Waals surface area contributed by atoms with Crippen LogP contribution in [0.3, 0.4) is 0 Å². The van der Waals surface area contributed by atoms with E-state index in [1.807, 2.05) is 0 Å². The first kappa shape index (κ1) is 13.1. The van der Waals surface area contributed by atoms with E-state index < -0.39 is 17.7 Å². The monoisotopic (exact) mass is 277 g/mol. The summed E-state index contributed by atoms with van der Waals surface area (Å²) in [5, 5.41) is 9.19. The van der Waals surface area contributed by atoms with Crippen molar-refractivity contribution in [1.82, 2.24) is 4.90 Å². The number of benzene rings is 1. The van der Waals surface area contributed by atoms with E-state index in [9.17, 15) is 19.1 Å². The number of carboxylic acids is 1. The second-order valence-corrected chi connectivity index (χ2v) is 5.67. The van der Waals surface area contributed by atoms with E-state index in [4.69, 9.17) is 0 Å². The van der Waals surface area contributed by atoms with Crippen molar-refractivity contribution in [3.8, 4) is 0 Å². The zero-order valence-corrected chi connectivity index (χ0v) is 11.2. The second kappa shape index (κ2) is 4.58. The van der Waals surface area contributed by atoms with Crippen LogP contribution >= 0.6 is 0 Å². The first-order chi connectivity index (χ1) is 9.49. The molecular weight excluding hydrogens is 261 g/mol. The van der Waals surface area contributed by atoms with Gasteiger partial charge >= 0.3 is 5.97 Å². The SMILES string of the molecule is Cc1ccc(F)c(C(=O)N2C3CCC2C(C(=O)O)C3)c1. The Kier molecular flexibility index (Phi) is 3.00. The van der Waals surface area contributed by atoms with Gasteiger partial charge in [-0.3, -0.25) is 9.59 Å². The molecular formula is C15H16FNO3. The van der Waals surface area contributed by atoms with Gasteiger partial charge in [-0.2, -0.15) is 0 Å². The number of carbonyl (C=O) groups excluding carboxylic acids is 1. The third-order valence-electron chi connectivity index (χ3n) is 4.44. The van der Waals surface area contributed by atoms with Gasteiger partial charge in [-0.05, 0) is 38.3 Å². The zero-order chi connectivity index (χ0) is 14.4. The van der Waals surface area contributed by atoms with Crippen LogP contribution in [0.5, 0.6) is 0 Å². The zero-order valence-electron chi connectivity index (χ0n) is 11.2. The maximum absolute atomic E-state index is 13.8. The Morgan fingerprint density at radius 2 is 2.10 bits per heavy atom. The van der Waals surface area contributed by atoms with Crippen molar-refractivity contribution in [3.05, 3.63) is 35.1 Å². The van der Waals surface area contributed by atoms with E-state index in [2.05, 4.69) is 0 Å². The Morgan fingerprint density at radius 3 is 2.75 bits per heavy atom. The van der Waals surface area contributed by atoms with Crippen LogP contribution in [-0.2, 0) is 4.79 Å². The Bertz CT molecular complexity index is 586. The maximum Gasteiger partial charge on any atom is 0.308 e. The van der Waals surface area contributed by atoms with E-state index in [1.165, 1.54) is 12.1 Å². The normalized spacial score (nSPS) is 27.9. The van der Waals surface area contributed by atoms with Crippen LogP contribution in [0.1, 0.15) is 35.2 Å². The second-order valence-electron chi connectivity index (χ2n) is 5.67. The van der Waals surface area contributed by atoms with Crippen LogP contribution in [0, 0.1) is 18.7 Å². The molecule has 0 aliphatic carbocycles. The highest BCUT2D eigenvalue weighted by molar-refractivity contribution is 5.96. The minimum Gasteiger partial charge on any atom is -0.481 e. The summed E-state index contributed by atoms with van der Waals surface area (Å²) in [5.74, 6) is -2.29. The van der Waals surface area contributed by atoms with Gasteiger partial charge < -0.3 is 10.0 Å². The number of aliphatic carboxylic acids is 1. The molecule has 5 heteroatoms. The molecule has 1 N–H and O–H groups in total. The summed E-state index contributed by atoms with van der Waals surface area (Å²) in [5.41, 5.74) is 0.865. The first-order valence-electron chi connectivity index (χ1n) is 6.80. The number of hydrogen-bond donors (Lipinski definition) is 1. The van der Waals surface area contributed by atoms with Crippen molar-refractivity contribution in [2.75, 3.05) is 0 Å². The molecule has 3 atom stereocenters. The number of carboxylic acid groups (broad SMARTS) is 1. The molecule has 1 aromatic carbocycles. The van der Waals surface area contributed by atoms with Crippen molar-refractivity contribution < 1.29 is 19.1 Å². The average Bonchev–Trinajstić information content (AvgIpc) is 2.98. The first-order valence-corrected chi connectivity index (χ1v) is 6.80. The minimum atomic E-state index is -0.861. The van der Waals surface area contributed by atoms with E-state index in [-0.39, 0.29) is 23.6 Å². The summed E-state index contributed by atoms with van der Waals surface area (Å²) in [7, 11) is 0. The molecule has 0 aromatic heterocycles. The molecule has 0 radical (unpaired) electrons. The van der Waals surface area contributed by atoms with Crippen molar-refractivity contribution in [1.29, 1.82) is 0 Å². The molecule has 2 heterocycles. The quantitative estimate of drug-likeness (QED) is 0.901. The molecule has 3 rings (SSSR count). The lowest BCUT2D eigenvalue weighted by atomic mass is 9.89. The molecule has 1 amide bonds. The molecule has 2 bridgehead atoms. The van der Waals surface area contributed by atoms with Crippen LogP contribution in [0.25, 0.3) is 0 Å². The van der Waals surface area contributed by atoms with Crippen molar-refractivity contribution in [2.45, 2.75) is 38.3 Å². The van der Waals surface area contributed by atoms with Crippen molar-refractivity contribution >= 4 is 11.9 Å². The standard InChI is InChI=1S/C15H16FNO3/c1-8-2-4-12(16)10(6-8)14(18)17-9-3-5-13(17)11(7-9)15(19)20/h2,4,6,9,11,13H,3,5,7H2,1H3,(H,19,20). The van der Waals surface area contributed by atoms with Crippen LogP contribution in [0.4, 0.5) is 4.39 Å². The largest absolute Gasteiger partial charge is 0.481 e. The van der Waals surface area contributed by atoms with Crippen LogP contribution in [0.15, 0.2) is 18.2 Å². The molecule has 2 saturated heterocycles. The van der Waals surface area contributed by atoms with Crippen molar-refractivity contribution in [2.24, 2.45) is 5.92 Å². The summed E-state index contributed by atoms with van der Waals surface area (Å²) in [6.45, 7) is 1.80. The number of aryl methyl sites for hydroxylation is 1. The predicted octanol–water partition coefficient (Wildman–Crippen LogP) is 2.21. The molecule has 2 fully saturated rings. The minimum absolute atomic E-state index is 0.0490. The smallest absolute Gasteiger partial charge is 0.308 e. The summed E-state index contributed by atoms with van der Waals surface area (Å²) >= 11 is 0. The molecule has 0 spiro atoms. The van der Waals surface area contributed by atoms with E-state index in [0.29, 0.717) is 12.8 Å². The van der Waals surface area contributed by atoms with Gasteiger partial charge in [0.15, 0.2) is 0 Å². The summed E-state index contributed by atoms with van der Waals surface area (Å²) < 4.78 is 13.8. The van der Waals surface area contributed by atoms with E-state index >= 15 is 0 Å². The number of carbonyl (C=O) groups is 2. The third kappa shape index (κ3) is 1.88. The van der Waals surface area contributed by atoms with E-state index in [0.717, 1.165) is 12.0 Å². The Hall–Kier alpha value is -1.91. The lowest BCUT2D eigenvalue weighted by Gasteiger charge is -2.23. The van der Waals surface area contributed by atoms with Crippen molar-refractivity contribution in [3.63, 3.8) is 0 Å². The Labute approximate surface area is 116 Å². The summed E-state index contributed by atoms with van der Waals surface area (Å²) in [6.07, 6.45) is 1.99. The highest BCUT2D eigenvalue weighted by Gasteiger charge is 2.51. The molecule has 1 aromatic rings. The fourth-order valence-corrected chi connectivity index (χ4v) is 3.51. The number of halogens is 1. The highest BCUT2D eigenvalue weighted by atomic mass is 19.1. The van der Waals surface area contributed by atoms with Gasteiger partial charge in [0.25, 0.3) is 5.91 Å². The highest BCUT2D eigenvalue weighted by Crippen LogP contribution is 2.42. The Morgan fingerprint density at radius 1 is 1.35 bits per heavy atom. The van der Waals surface area contributed by atoms with Gasteiger partial charge in [0.1, 0.15) is 5.82 Å². The fraction of sp³-hybridized carbons (Fsp3) is 0.467. The average molecular weight is 277 g/mol. The van der Waals surface area contributed by atoms with Gasteiger partial charge in [-0.25, -0.2) is 4.39 Å². The van der Waals surface area contributed by atoms with Crippen LogP contribution < -0.4 is 0 Å². The number of nitrogens with zero attached hydrogens (tertiary/aromatic N) is 1. The summed E-state index contributed by atoms with van der Waals surface area (Å²) in [6, 6.07) is 4.09.